The third kappa shape index (κ3) is 4.17. The Balaban J connectivity index is 1.99. The molecule has 0 aliphatic carbocycles. The molecule has 0 bridgehead atoms. The largest absolute Gasteiger partial charge is 0.375 e. The molecule has 1 fully saturated rings. The highest BCUT2D eigenvalue weighted by Gasteiger charge is 2.25. The van der Waals surface area contributed by atoms with Gasteiger partial charge in [0, 0.05) is 24.5 Å². The van der Waals surface area contributed by atoms with Gasteiger partial charge < -0.3 is 4.74 Å². The van der Waals surface area contributed by atoms with Crippen LogP contribution in [-0.2, 0) is 17.7 Å². The lowest BCUT2D eigenvalue weighted by Gasteiger charge is -2.29. The Morgan fingerprint density at radius 1 is 1.63 bits per heavy atom. The Hall–Kier alpha value is -0.630. The van der Waals surface area contributed by atoms with E-state index < -0.39 is 0 Å². The van der Waals surface area contributed by atoms with Crippen molar-refractivity contribution in [2.24, 2.45) is 11.8 Å². The molecule has 0 spiro atoms. The van der Waals surface area contributed by atoms with Gasteiger partial charge in [-0.15, -0.1) is 0 Å². The van der Waals surface area contributed by atoms with E-state index in [1.54, 1.807) is 6.33 Å². The van der Waals surface area contributed by atoms with Crippen molar-refractivity contribution in [3.05, 3.63) is 12.2 Å². The van der Waals surface area contributed by atoms with Gasteiger partial charge in [-0.2, -0.15) is 16.9 Å². The van der Waals surface area contributed by atoms with Crippen LogP contribution in [0, 0.1) is 5.92 Å². The SMILES string of the molecule is CC(C)Cn1ncnc1CC(NN)C1CSCCO1. The molecule has 0 aromatic carbocycles. The lowest BCUT2D eigenvalue weighted by molar-refractivity contribution is 0.0463. The van der Waals surface area contributed by atoms with Crippen molar-refractivity contribution < 1.29 is 4.74 Å². The molecule has 3 N–H and O–H groups in total. The minimum atomic E-state index is 0.0860. The van der Waals surface area contributed by atoms with Crippen LogP contribution in [-0.4, -0.2) is 45.0 Å². The number of nitrogens with two attached hydrogens (primary N) is 1. The molecule has 2 rings (SSSR count). The Kier molecular flexibility index (Phi) is 5.62. The minimum absolute atomic E-state index is 0.0860. The van der Waals surface area contributed by atoms with Crippen molar-refractivity contribution in [3.8, 4) is 0 Å². The molecule has 1 aliphatic rings. The minimum Gasteiger partial charge on any atom is -0.375 e. The predicted octanol–water partition coefficient (Wildman–Crippen LogP) is 0.441. The number of nitrogens with zero attached hydrogens (tertiary/aromatic N) is 3. The first-order valence-corrected chi connectivity index (χ1v) is 7.88. The Bertz CT molecular complexity index is 378. The summed E-state index contributed by atoms with van der Waals surface area (Å²) in [4.78, 5) is 4.35. The van der Waals surface area contributed by atoms with Crippen molar-refractivity contribution in [2.75, 3.05) is 18.1 Å². The molecule has 2 heterocycles. The zero-order valence-electron chi connectivity index (χ0n) is 11.6. The van der Waals surface area contributed by atoms with E-state index in [4.69, 9.17) is 10.6 Å². The molecule has 0 radical (unpaired) electrons. The number of aromatic nitrogens is 3. The Morgan fingerprint density at radius 3 is 3.11 bits per heavy atom. The van der Waals surface area contributed by atoms with Gasteiger partial charge in [0.25, 0.3) is 0 Å². The fourth-order valence-corrected chi connectivity index (χ4v) is 3.12. The van der Waals surface area contributed by atoms with Crippen LogP contribution in [0.3, 0.4) is 0 Å². The summed E-state index contributed by atoms with van der Waals surface area (Å²) in [6.45, 7) is 6.02. The van der Waals surface area contributed by atoms with Gasteiger partial charge in [0.2, 0.25) is 0 Å². The summed E-state index contributed by atoms with van der Waals surface area (Å²) in [6, 6.07) is 0.0860. The number of hydrogen-bond acceptors (Lipinski definition) is 6. The first kappa shape index (κ1) is 14.8. The smallest absolute Gasteiger partial charge is 0.138 e. The molecule has 2 atom stereocenters. The van der Waals surface area contributed by atoms with E-state index in [2.05, 4.69) is 29.4 Å². The maximum absolute atomic E-state index is 5.78. The molecule has 7 heteroatoms. The second-order valence-corrected chi connectivity index (χ2v) is 6.36. The van der Waals surface area contributed by atoms with Gasteiger partial charge in [-0.3, -0.25) is 11.3 Å². The second kappa shape index (κ2) is 7.23. The van der Waals surface area contributed by atoms with Crippen LogP contribution >= 0.6 is 11.8 Å². The van der Waals surface area contributed by atoms with Crippen molar-refractivity contribution in [1.82, 2.24) is 20.2 Å². The van der Waals surface area contributed by atoms with E-state index in [1.807, 2.05) is 16.4 Å². The zero-order valence-corrected chi connectivity index (χ0v) is 12.4. The highest BCUT2D eigenvalue weighted by molar-refractivity contribution is 7.99. The van der Waals surface area contributed by atoms with Gasteiger partial charge in [-0.05, 0) is 5.92 Å². The van der Waals surface area contributed by atoms with Crippen LogP contribution in [0.15, 0.2) is 6.33 Å². The quantitative estimate of drug-likeness (QED) is 0.583. The van der Waals surface area contributed by atoms with Crippen molar-refractivity contribution in [3.63, 3.8) is 0 Å². The van der Waals surface area contributed by atoms with Gasteiger partial charge in [0.15, 0.2) is 0 Å². The first-order valence-electron chi connectivity index (χ1n) is 6.73. The Morgan fingerprint density at radius 2 is 2.47 bits per heavy atom. The highest BCUT2D eigenvalue weighted by atomic mass is 32.2. The molecule has 0 saturated carbocycles. The van der Waals surface area contributed by atoms with Crippen molar-refractivity contribution in [1.29, 1.82) is 0 Å². The number of rotatable bonds is 6. The molecule has 1 aromatic rings. The summed E-state index contributed by atoms with van der Waals surface area (Å²) in [5.74, 6) is 9.24. The lowest BCUT2D eigenvalue weighted by Crippen LogP contribution is -2.49. The van der Waals surface area contributed by atoms with Gasteiger partial charge >= 0.3 is 0 Å². The van der Waals surface area contributed by atoms with Crippen molar-refractivity contribution in [2.45, 2.75) is 39.0 Å². The predicted molar refractivity (Wildman–Crippen MR) is 76.7 cm³/mol. The second-order valence-electron chi connectivity index (χ2n) is 5.21. The summed E-state index contributed by atoms with van der Waals surface area (Å²) >= 11 is 1.91. The summed E-state index contributed by atoms with van der Waals surface area (Å²) in [5, 5.41) is 4.28. The fourth-order valence-electron chi connectivity index (χ4n) is 2.18. The fraction of sp³-hybridized carbons (Fsp3) is 0.833. The van der Waals surface area contributed by atoms with Crippen LogP contribution in [0.5, 0.6) is 0 Å². The van der Waals surface area contributed by atoms with Gasteiger partial charge in [-0.1, -0.05) is 13.8 Å². The number of hydrogen-bond donors (Lipinski definition) is 2. The van der Waals surface area contributed by atoms with Gasteiger partial charge in [0.1, 0.15) is 12.2 Å². The molecule has 1 aromatic heterocycles. The van der Waals surface area contributed by atoms with Crippen molar-refractivity contribution >= 4 is 11.8 Å². The van der Waals surface area contributed by atoms with E-state index in [9.17, 15) is 0 Å². The van der Waals surface area contributed by atoms with Crippen LogP contribution in [0.4, 0.5) is 0 Å². The number of thioether (sulfide) groups is 1. The number of nitrogens with one attached hydrogen (secondary N) is 1. The molecule has 1 saturated heterocycles. The molecular weight excluding hydrogens is 262 g/mol. The third-order valence-electron chi connectivity index (χ3n) is 3.14. The summed E-state index contributed by atoms with van der Waals surface area (Å²) in [5.41, 5.74) is 2.87. The molecule has 2 unspecified atom stereocenters. The molecule has 0 amide bonds. The van der Waals surface area contributed by atoms with E-state index in [0.717, 1.165) is 36.9 Å². The average molecular weight is 285 g/mol. The van der Waals surface area contributed by atoms with Crippen LogP contribution < -0.4 is 11.3 Å². The van der Waals surface area contributed by atoms with E-state index >= 15 is 0 Å². The summed E-state index contributed by atoms with van der Waals surface area (Å²) in [7, 11) is 0. The van der Waals surface area contributed by atoms with E-state index in [1.165, 1.54) is 0 Å². The standard InChI is InChI=1S/C12H23N5OS/c1-9(2)6-17-12(14-8-15-17)5-10(16-13)11-7-19-4-3-18-11/h8-11,16H,3-7,13H2,1-2H3. The molecule has 108 valence electrons. The van der Waals surface area contributed by atoms with E-state index in [-0.39, 0.29) is 12.1 Å². The van der Waals surface area contributed by atoms with Crippen LogP contribution in [0.1, 0.15) is 19.7 Å². The van der Waals surface area contributed by atoms with Crippen LogP contribution in [0.25, 0.3) is 0 Å². The van der Waals surface area contributed by atoms with Crippen LogP contribution in [0.2, 0.25) is 0 Å². The maximum Gasteiger partial charge on any atom is 0.138 e. The number of ether oxygens (including phenoxy) is 1. The third-order valence-corrected chi connectivity index (χ3v) is 4.16. The number of hydrazine groups is 1. The summed E-state index contributed by atoms with van der Waals surface area (Å²) in [6.07, 6.45) is 2.50. The lowest BCUT2D eigenvalue weighted by atomic mass is 10.1. The van der Waals surface area contributed by atoms with Gasteiger partial charge in [-0.25, -0.2) is 9.67 Å². The zero-order chi connectivity index (χ0) is 13.7. The molecule has 6 nitrogen and oxygen atoms in total. The maximum atomic E-state index is 5.78. The molecular formula is C12H23N5OS. The molecule has 19 heavy (non-hydrogen) atoms. The van der Waals surface area contributed by atoms with Gasteiger partial charge in [0.05, 0.1) is 18.8 Å². The monoisotopic (exact) mass is 285 g/mol. The summed E-state index contributed by atoms with van der Waals surface area (Å²) < 4.78 is 7.74. The topological polar surface area (TPSA) is 78.0 Å². The average Bonchev–Trinajstić information content (AvgIpc) is 2.83. The first-order chi connectivity index (χ1) is 9.20. The highest BCUT2D eigenvalue weighted by Crippen LogP contribution is 2.17. The normalized spacial score (nSPS) is 21.8. The van der Waals surface area contributed by atoms with E-state index in [0.29, 0.717) is 5.92 Å². The Labute approximate surface area is 118 Å². The molecule has 1 aliphatic heterocycles.